The molecule has 0 saturated heterocycles. The number of nitrogens with two attached hydrogens (primary N) is 1. The normalized spacial score (nSPS) is 10.0. The average Bonchev–Trinajstić information content (AvgIpc) is 2.19. The van der Waals surface area contributed by atoms with E-state index in [1.165, 1.54) is 0 Å². The van der Waals surface area contributed by atoms with Crippen LogP contribution in [0.4, 0.5) is 5.69 Å². The van der Waals surface area contributed by atoms with Gasteiger partial charge in [-0.25, -0.2) is 0 Å². The molecule has 0 bridgehead atoms. The molecule has 0 heterocycles. The number of rotatable bonds is 1. The molecule has 2 aromatic carbocycles. The highest BCUT2D eigenvalue weighted by atomic mass is 16.3. The molecule has 0 amide bonds. The van der Waals surface area contributed by atoms with E-state index in [1.807, 2.05) is 36.4 Å². The molecule has 0 saturated carbocycles. The Labute approximate surface area is 82.6 Å². The predicted octanol–water partition coefficient (Wildman–Crippen LogP) is 2.64. The molecule has 0 aliphatic carbocycles. The summed E-state index contributed by atoms with van der Waals surface area (Å²) in [4.78, 5) is 0. The number of nitrogen functional groups attached to an aromatic ring is 1. The fraction of sp³-hybridized carbons (Fsp3) is 0. The molecule has 70 valence electrons. The van der Waals surface area contributed by atoms with Crippen molar-refractivity contribution in [2.75, 3.05) is 5.73 Å². The van der Waals surface area contributed by atoms with E-state index in [4.69, 9.17) is 10.8 Å². The Morgan fingerprint density at radius 3 is 2.21 bits per heavy atom. The number of hydrogen-bond donors (Lipinski definition) is 2. The van der Waals surface area contributed by atoms with Gasteiger partial charge in [-0.1, -0.05) is 24.3 Å². The summed E-state index contributed by atoms with van der Waals surface area (Å²) in [7, 11) is 0. The minimum absolute atomic E-state index is 0.276. The zero-order valence-corrected chi connectivity index (χ0v) is 7.64. The van der Waals surface area contributed by atoms with E-state index in [0.29, 0.717) is 0 Å². The zero-order chi connectivity index (χ0) is 9.97. The maximum Gasteiger partial charge on any atom is 0.115 e. The van der Waals surface area contributed by atoms with E-state index < -0.39 is 0 Å². The molecule has 2 heteroatoms. The Balaban J connectivity index is 2.44. The van der Waals surface area contributed by atoms with Crippen LogP contribution in [0.25, 0.3) is 11.1 Å². The summed E-state index contributed by atoms with van der Waals surface area (Å²) < 4.78 is 0. The number of anilines is 1. The van der Waals surface area contributed by atoms with Crippen molar-refractivity contribution in [3.05, 3.63) is 48.5 Å². The van der Waals surface area contributed by atoms with E-state index in [9.17, 15) is 0 Å². The molecule has 14 heavy (non-hydrogen) atoms. The lowest BCUT2D eigenvalue weighted by molar-refractivity contribution is 0.475. The van der Waals surface area contributed by atoms with Crippen LogP contribution < -0.4 is 5.73 Å². The van der Waals surface area contributed by atoms with Crippen LogP contribution in [0.1, 0.15) is 0 Å². The van der Waals surface area contributed by atoms with Crippen LogP contribution in [-0.4, -0.2) is 5.11 Å². The summed E-state index contributed by atoms with van der Waals surface area (Å²) in [5.41, 5.74) is 8.53. The highest BCUT2D eigenvalue weighted by Crippen LogP contribution is 2.23. The third-order valence-corrected chi connectivity index (χ3v) is 2.09. The van der Waals surface area contributed by atoms with Crippen LogP contribution in [-0.2, 0) is 0 Å². The van der Waals surface area contributed by atoms with Crippen LogP contribution in [0.3, 0.4) is 0 Å². The first-order valence-corrected chi connectivity index (χ1v) is 4.41. The van der Waals surface area contributed by atoms with Crippen molar-refractivity contribution >= 4 is 5.69 Å². The van der Waals surface area contributed by atoms with Crippen LogP contribution in [0, 0.1) is 0 Å². The third-order valence-electron chi connectivity index (χ3n) is 2.09. The molecule has 0 aromatic heterocycles. The van der Waals surface area contributed by atoms with Gasteiger partial charge in [-0.3, -0.25) is 0 Å². The van der Waals surface area contributed by atoms with Crippen molar-refractivity contribution in [2.45, 2.75) is 0 Å². The standard InChI is InChI=1S/C12H11NO/c13-11-3-1-2-10(8-11)9-4-6-12(14)7-5-9/h1-8,14H,13H2. The van der Waals surface area contributed by atoms with Crippen molar-refractivity contribution in [3.8, 4) is 16.9 Å². The van der Waals surface area contributed by atoms with E-state index in [1.54, 1.807) is 12.1 Å². The van der Waals surface area contributed by atoms with Gasteiger partial charge in [0, 0.05) is 5.69 Å². The largest absolute Gasteiger partial charge is 0.508 e. The number of phenols is 1. The lowest BCUT2D eigenvalue weighted by Crippen LogP contribution is -1.84. The van der Waals surface area contributed by atoms with Gasteiger partial charge in [0.1, 0.15) is 5.75 Å². The second-order valence-electron chi connectivity index (χ2n) is 3.17. The average molecular weight is 185 g/mol. The van der Waals surface area contributed by atoms with Crippen LogP contribution in [0.15, 0.2) is 48.5 Å². The first-order valence-electron chi connectivity index (χ1n) is 4.41. The maximum atomic E-state index is 9.13. The van der Waals surface area contributed by atoms with E-state index in [2.05, 4.69) is 0 Å². The van der Waals surface area contributed by atoms with Gasteiger partial charge in [-0.2, -0.15) is 0 Å². The van der Waals surface area contributed by atoms with E-state index in [-0.39, 0.29) is 5.75 Å². The number of phenolic OH excluding ortho intramolecular Hbond substituents is 1. The smallest absolute Gasteiger partial charge is 0.115 e. The van der Waals surface area contributed by atoms with Crippen molar-refractivity contribution in [1.29, 1.82) is 0 Å². The Morgan fingerprint density at radius 1 is 0.857 bits per heavy atom. The molecule has 0 fully saturated rings. The quantitative estimate of drug-likeness (QED) is 0.671. The van der Waals surface area contributed by atoms with Gasteiger partial charge in [0.25, 0.3) is 0 Å². The summed E-state index contributed by atoms with van der Waals surface area (Å²) in [5, 5.41) is 9.13. The molecular formula is C12H11NO. The SMILES string of the molecule is Nc1cccc(-c2ccc(O)cc2)c1. The Morgan fingerprint density at radius 2 is 1.57 bits per heavy atom. The molecule has 0 radical (unpaired) electrons. The summed E-state index contributed by atoms with van der Waals surface area (Å²) >= 11 is 0. The first kappa shape index (κ1) is 8.63. The Hall–Kier alpha value is -1.96. The molecule has 0 aliphatic rings. The van der Waals surface area contributed by atoms with Crippen molar-refractivity contribution in [1.82, 2.24) is 0 Å². The summed E-state index contributed by atoms with van der Waals surface area (Å²) in [6.07, 6.45) is 0. The molecule has 0 spiro atoms. The maximum absolute atomic E-state index is 9.13. The van der Waals surface area contributed by atoms with Crippen LogP contribution >= 0.6 is 0 Å². The third kappa shape index (κ3) is 1.69. The Bertz CT molecular complexity index is 434. The van der Waals surface area contributed by atoms with Crippen molar-refractivity contribution in [3.63, 3.8) is 0 Å². The van der Waals surface area contributed by atoms with Gasteiger partial charge in [0.05, 0.1) is 0 Å². The van der Waals surface area contributed by atoms with E-state index >= 15 is 0 Å². The lowest BCUT2D eigenvalue weighted by atomic mass is 10.1. The number of hydrogen-bond acceptors (Lipinski definition) is 2. The zero-order valence-electron chi connectivity index (χ0n) is 7.64. The molecule has 2 aromatic rings. The first-order chi connectivity index (χ1) is 6.75. The highest BCUT2D eigenvalue weighted by Gasteiger charge is 1.97. The second-order valence-corrected chi connectivity index (χ2v) is 3.17. The minimum atomic E-state index is 0.276. The van der Waals surface area contributed by atoms with E-state index in [0.717, 1.165) is 16.8 Å². The predicted molar refractivity (Wildman–Crippen MR) is 58.0 cm³/mol. The number of benzene rings is 2. The van der Waals surface area contributed by atoms with Crippen LogP contribution in [0.5, 0.6) is 5.75 Å². The van der Waals surface area contributed by atoms with Gasteiger partial charge < -0.3 is 10.8 Å². The lowest BCUT2D eigenvalue weighted by Gasteiger charge is -2.02. The number of aromatic hydroxyl groups is 1. The van der Waals surface area contributed by atoms with Crippen molar-refractivity contribution in [2.24, 2.45) is 0 Å². The molecule has 3 N–H and O–H groups in total. The second kappa shape index (κ2) is 3.42. The van der Waals surface area contributed by atoms with Gasteiger partial charge >= 0.3 is 0 Å². The van der Waals surface area contributed by atoms with Gasteiger partial charge in [-0.05, 0) is 35.4 Å². The minimum Gasteiger partial charge on any atom is -0.508 e. The van der Waals surface area contributed by atoms with Crippen molar-refractivity contribution < 1.29 is 5.11 Å². The molecule has 2 nitrogen and oxygen atoms in total. The summed E-state index contributed by atoms with van der Waals surface area (Å²) in [6, 6.07) is 14.7. The molecule has 0 unspecified atom stereocenters. The molecule has 0 aliphatic heterocycles. The molecule has 0 atom stereocenters. The summed E-state index contributed by atoms with van der Waals surface area (Å²) in [5.74, 6) is 0.276. The molecular weight excluding hydrogens is 174 g/mol. The highest BCUT2D eigenvalue weighted by molar-refractivity contribution is 5.67. The Kier molecular flexibility index (Phi) is 2.11. The van der Waals surface area contributed by atoms with Gasteiger partial charge in [0.2, 0.25) is 0 Å². The summed E-state index contributed by atoms with van der Waals surface area (Å²) in [6.45, 7) is 0. The molecule has 2 rings (SSSR count). The van der Waals surface area contributed by atoms with Gasteiger partial charge in [0.15, 0.2) is 0 Å². The fourth-order valence-electron chi connectivity index (χ4n) is 1.37. The topological polar surface area (TPSA) is 46.2 Å². The fourth-order valence-corrected chi connectivity index (χ4v) is 1.37. The van der Waals surface area contributed by atoms with Gasteiger partial charge in [-0.15, -0.1) is 0 Å². The monoisotopic (exact) mass is 185 g/mol. The van der Waals surface area contributed by atoms with Crippen LogP contribution in [0.2, 0.25) is 0 Å².